The molecule has 0 radical (unpaired) electrons. The fourth-order valence-electron chi connectivity index (χ4n) is 1.50. The maximum Gasteiger partial charge on any atom is 0.252 e. The Morgan fingerprint density at radius 1 is 1.24 bits per heavy atom. The van der Waals surface area contributed by atoms with E-state index in [0.29, 0.717) is 6.61 Å². The van der Waals surface area contributed by atoms with Gasteiger partial charge in [-0.15, -0.1) is 0 Å². The number of carbonyl (C=O) groups excluding carboxylic acids is 1. The van der Waals surface area contributed by atoms with Crippen LogP contribution in [0.5, 0.6) is 0 Å². The van der Waals surface area contributed by atoms with E-state index in [1.807, 2.05) is 31.2 Å². The summed E-state index contributed by atoms with van der Waals surface area (Å²) < 4.78 is 5.24. The number of ether oxygens (including phenoxy) is 1. The maximum absolute atomic E-state index is 11.8. The van der Waals surface area contributed by atoms with Crippen LogP contribution in [0, 0.1) is 0 Å². The zero-order valence-electron chi connectivity index (χ0n) is 10.9. The average Bonchev–Trinajstić information content (AvgIpc) is 2.38. The van der Waals surface area contributed by atoms with Crippen LogP contribution in [0.1, 0.15) is 25.8 Å². The first-order chi connectivity index (χ1) is 8.19. The Morgan fingerprint density at radius 2 is 1.88 bits per heavy atom. The molecular formula is C14H21NO2. The van der Waals surface area contributed by atoms with E-state index in [1.165, 1.54) is 5.56 Å². The highest BCUT2D eigenvalue weighted by Gasteiger charge is 2.10. The first-order valence-electron chi connectivity index (χ1n) is 6.12. The van der Waals surface area contributed by atoms with Gasteiger partial charge in [0.05, 0.1) is 0 Å². The Balaban J connectivity index is 2.55. The maximum atomic E-state index is 11.8. The fraction of sp³-hybridized carbons (Fsp3) is 0.500. The summed E-state index contributed by atoms with van der Waals surface area (Å²) in [5, 5.41) is 0. The van der Waals surface area contributed by atoms with Gasteiger partial charge in [-0.2, -0.15) is 0 Å². The van der Waals surface area contributed by atoms with Gasteiger partial charge in [-0.1, -0.05) is 26.0 Å². The first-order valence-corrected chi connectivity index (χ1v) is 6.12. The minimum absolute atomic E-state index is 0.0114. The molecule has 0 saturated carbocycles. The molecule has 1 amide bonds. The summed E-state index contributed by atoms with van der Waals surface area (Å²) in [4.78, 5) is 13.4. The van der Waals surface area contributed by atoms with E-state index in [2.05, 4.69) is 6.92 Å². The zero-order valence-corrected chi connectivity index (χ0v) is 10.9. The molecular weight excluding hydrogens is 214 g/mol. The Morgan fingerprint density at radius 3 is 2.41 bits per heavy atom. The molecule has 0 N–H and O–H groups in total. The predicted molar refractivity (Wildman–Crippen MR) is 70.3 cm³/mol. The van der Waals surface area contributed by atoms with Gasteiger partial charge in [0.15, 0.2) is 0 Å². The molecule has 0 aliphatic carbocycles. The molecule has 0 bridgehead atoms. The number of rotatable bonds is 6. The van der Waals surface area contributed by atoms with Crippen LogP contribution < -0.4 is 4.90 Å². The molecule has 0 aromatic heterocycles. The molecule has 1 aromatic rings. The van der Waals surface area contributed by atoms with E-state index in [0.717, 1.165) is 18.5 Å². The predicted octanol–water partition coefficient (Wildman–Crippen LogP) is 2.64. The summed E-state index contributed by atoms with van der Waals surface area (Å²) in [7, 11) is 1.78. The zero-order chi connectivity index (χ0) is 12.7. The summed E-state index contributed by atoms with van der Waals surface area (Å²) in [6.07, 6.45) is 1.94. The molecule has 0 aliphatic rings. The second-order valence-electron chi connectivity index (χ2n) is 4.03. The number of hydrogen-bond donors (Lipinski definition) is 0. The molecule has 3 nitrogen and oxygen atoms in total. The molecule has 0 saturated heterocycles. The van der Waals surface area contributed by atoms with E-state index in [-0.39, 0.29) is 12.5 Å². The number of nitrogens with zero attached hydrogens (tertiary/aromatic N) is 1. The topological polar surface area (TPSA) is 29.5 Å². The van der Waals surface area contributed by atoms with Crippen molar-refractivity contribution in [2.75, 3.05) is 25.2 Å². The second kappa shape index (κ2) is 7.07. The van der Waals surface area contributed by atoms with Crippen LogP contribution in [0.25, 0.3) is 0 Å². The number of amides is 1. The van der Waals surface area contributed by atoms with Gasteiger partial charge in [0, 0.05) is 19.3 Å². The van der Waals surface area contributed by atoms with Crippen molar-refractivity contribution in [3.63, 3.8) is 0 Å². The summed E-state index contributed by atoms with van der Waals surface area (Å²) in [6, 6.07) is 8.03. The minimum Gasteiger partial charge on any atom is -0.372 e. The lowest BCUT2D eigenvalue weighted by Gasteiger charge is -2.17. The van der Waals surface area contributed by atoms with Crippen molar-refractivity contribution < 1.29 is 9.53 Å². The number of hydrogen-bond acceptors (Lipinski definition) is 2. The average molecular weight is 235 g/mol. The molecule has 17 heavy (non-hydrogen) atoms. The van der Waals surface area contributed by atoms with Crippen molar-refractivity contribution in [2.45, 2.75) is 26.7 Å². The SMILES string of the molecule is CCCOCC(=O)N(C)c1ccc(CC)cc1. The van der Waals surface area contributed by atoms with Crippen molar-refractivity contribution >= 4 is 11.6 Å². The largest absolute Gasteiger partial charge is 0.372 e. The van der Waals surface area contributed by atoms with Crippen LogP contribution >= 0.6 is 0 Å². The highest BCUT2D eigenvalue weighted by atomic mass is 16.5. The van der Waals surface area contributed by atoms with Gasteiger partial charge in [-0.05, 0) is 30.5 Å². The van der Waals surface area contributed by atoms with Crippen molar-refractivity contribution in [2.24, 2.45) is 0 Å². The van der Waals surface area contributed by atoms with Gasteiger partial charge in [0.25, 0.3) is 5.91 Å². The third-order valence-electron chi connectivity index (χ3n) is 2.68. The molecule has 1 rings (SSSR count). The molecule has 0 fully saturated rings. The standard InChI is InChI=1S/C14H21NO2/c1-4-10-17-11-14(16)15(3)13-8-6-12(5-2)7-9-13/h6-9H,4-5,10-11H2,1-3H3. The molecule has 0 spiro atoms. The Bertz CT molecular complexity index is 346. The Hall–Kier alpha value is -1.35. The number of likely N-dealkylation sites (N-methyl/N-ethyl adjacent to an activating group) is 1. The highest BCUT2D eigenvalue weighted by molar-refractivity contribution is 5.93. The summed E-state index contributed by atoms with van der Waals surface area (Å²) in [6.45, 7) is 4.92. The number of carbonyl (C=O) groups is 1. The van der Waals surface area contributed by atoms with Gasteiger partial charge >= 0.3 is 0 Å². The van der Waals surface area contributed by atoms with Crippen LogP contribution in [0.15, 0.2) is 24.3 Å². The van der Waals surface area contributed by atoms with Crippen molar-refractivity contribution in [1.29, 1.82) is 0 Å². The lowest BCUT2D eigenvalue weighted by molar-refractivity contribution is -0.122. The van der Waals surface area contributed by atoms with Gasteiger partial charge in [-0.25, -0.2) is 0 Å². The molecule has 0 unspecified atom stereocenters. The van der Waals surface area contributed by atoms with Crippen molar-refractivity contribution in [3.05, 3.63) is 29.8 Å². The van der Waals surface area contributed by atoms with Gasteiger partial charge < -0.3 is 9.64 Å². The number of anilines is 1. The van der Waals surface area contributed by atoms with E-state index in [1.54, 1.807) is 11.9 Å². The van der Waals surface area contributed by atoms with Crippen molar-refractivity contribution in [1.82, 2.24) is 0 Å². The third-order valence-corrected chi connectivity index (χ3v) is 2.68. The normalized spacial score (nSPS) is 10.3. The molecule has 3 heteroatoms. The Kier molecular flexibility index (Phi) is 5.70. The molecule has 0 atom stereocenters. The van der Waals surface area contributed by atoms with Crippen LogP contribution in [0.3, 0.4) is 0 Å². The molecule has 1 aromatic carbocycles. The lowest BCUT2D eigenvalue weighted by atomic mass is 10.1. The van der Waals surface area contributed by atoms with Crippen LogP contribution in [0.2, 0.25) is 0 Å². The van der Waals surface area contributed by atoms with E-state index >= 15 is 0 Å². The molecule has 0 heterocycles. The highest BCUT2D eigenvalue weighted by Crippen LogP contribution is 2.14. The number of benzene rings is 1. The molecule has 94 valence electrons. The van der Waals surface area contributed by atoms with Crippen LogP contribution in [-0.2, 0) is 16.0 Å². The van der Waals surface area contributed by atoms with Gasteiger partial charge in [0.2, 0.25) is 0 Å². The van der Waals surface area contributed by atoms with E-state index in [4.69, 9.17) is 4.74 Å². The van der Waals surface area contributed by atoms with Crippen molar-refractivity contribution in [3.8, 4) is 0 Å². The van der Waals surface area contributed by atoms with Crippen LogP contribution in [0.4, 0.5) is 5.69 Å². The first kappa shape index (κ1) is 13.7. The summed E-state index contributed by atoms with van der Waals surface area (Å²) >= 11 is 0. The van der Waals surface area contributed by atoms with E-state index in [9.17, 15) is 4.79 Å². The number of aryl methyl sites for hydroxylation is 1. The monoisotopic (exact) mass is 235 g/mol. The lowest BCUT2D eigenvalue weighted by Crippen LogP contribution is -2.30. The molecule has 0 aliphatic heterocycles. The smallest absolute Gasteiger partial charge is 0.252 e. The minimum atomic E-state index is -0.0114. The second-order valence-corrected chi connectivity index (χ2v) is 4.03. The Labute approximate surface area is 103 Å². The fourth-order valence-corrected chi connectivity index (χ4v) is 1.50. The third kappa shape index (κ3) is 4.19. The summed E-state index contributed by atoms with van der Waals surface area (Å²) in [5.74, 6) is -0.0114. The quantitative estimate of drug-likeness (QED) is 0.709. The van der Waals surface area contributed by atoms with E-state index < -0.39 is 0 Å². The van der Waals surface area contributed by atoms with Crippen LogP contribution in [-0.4, -0.2) is 26.2 Å². The van der Waals surface area contributed by atoms with Gasteiger partial charge in [-0.3, -0.25) is 4.79 Å². The summed E-state index contributed by atoms with van der Waals surface area (Å²) in [5.41, 5.74) is 2.18. The van der Waals surface area contributed by atoms with Gasteiger partial charge in [0.1, 0.15) is 6.61 Å².